The molecule has 0 aromatic heterocycles. The third-order valence-corrected chi connectivity index (χ3v) is 6.02. The first-order chi connectivity index (χ1) is 18.0. The SMILES string of the molecule is COc1cc(/C=N/NC(=O)COc2ccc3ccccc3c2Br)ccc1OC(=O)/C=C/c1ccccc1. The Morgan fingerprint density at radius 3 is 2.46 bits per heavy atom. The van der Waals surface area contributed by atoms with Gasteiger partial charge in [0.1, 0.15) is 5.75 Å². The lowest BCUT2D eigenvalue weighted by Crippen LogP contribution is -2.24. The summed E-state index contributed by atoms with van der Waals surface area (Å²) in [5, 5.41) is 6.02. The van der Waals surface area contributed by atoms with Crippen LogP contribution in [0, 0.1) is 0 Å². The maximum Gasteiger partial charge on any atom is 0.336 e. The zero-order chi connectivity index (χ0) is 26.0. The molecule has 0 heterocycles. The number of amides is 1. The van der Waals surface area contributed by atoms with Gasteiger partial charge in [0.15, 0.2) is 18.1 Å². The van der Waals surface area contributed by atoms with Gasteiger partial charge in [-0.15, -0.1) is 0 Å². The Hall–Kier alpha value is -4.43. The average molecular weight is 559 g/mol. The number of hydrogen-bond acceptors (Lipinski definition) is 6. The summed E-state index contributed by atoms with van der Waals surface area (Å²) >= 11 is 3.54. The molecule has 0 atom stereocenters. The molecule has 4 rings (SSSR count). The Kier molecular flexibility index (Phi) is 8.67. The monoisotopic (exact) mass is 558 g/mol. The number of hydrazone groups is 1. The molecule has 1 N–H and O–H groups in total. The molecule has 37 heavy (non-hydrogen) atoms. The standard InChI is InChI=1S/C29H23BrN2O5/c1-35-26-17-21(11-14-24(26)37-28(34)16-12-20-7-3-2-4-8-20)18-31-32-27(33)19-36-25-15-13-22-9-5-6-10-23(22)29(25)30/h2-18H,19H2,1H3,(H,32,33)/b16-12+,31-18+. The Morgan fingerprint density at radius 2 is 1.65 bits per heavy atom. The smallest absolute Gasteiger partial charge is 0.336 e. The van der Waals surface area contributed by atoms with E-state index < -0.39 is 11.9 Å². The van der Waals surface area contributed by atoms with Gasteiger partial charge in [-0.2, -0.15) is 5.10 Å². The van der Waals surface area contributed by atoms with E-state index in [9.17, 15) is 9.59 Å². The number of ether oxygens (including phenoxy) is 3. The van der Waals surface area contributed by atoms with Crippen molar-refractivity contribution in [1.29, 1.82) is 0 Å². The number of nitrogens with one attached hydrogen (secondary N) is 1. The summed E-state index contributed by atoms with van der Waals surface area (Å²) in [6.45, 7) is -0.205. The number of methoxy groups -OCH3 is 1. The van der Waals surface area contributed by atoms with Crippen molar-refractivity contribution >= 4 is 50.9 Å². The third-order valence-electron chi connectivity index (χ3n) is 5.20. The average Bonchev–Trinajstić information content (AvgIpc) is 2.93. The fourth-order valence-electron chi connectivity index (χ4n) is 3.40. The largest absolute Gasteiger partial charge is 0.493 e. The van der Waals surface area contributed by atoms with Crippen LogP contribution in [0.1, 0.15) is 11.1 Å². The molecule has 4 aromatic rings. The lowest BCUT2D eigenvalue weighted by atomic mass is 10.1. The number of carbonyl (C=O) groups excluding carboxylic acids is 2. The lowest BCUT2D eigenvalue weighted by molar-refractivity contribution is -0.129. The van der Waals surface area contributed by atoms with Crippen LogP contribution < -0.4 is 19.6 Å². The predicted molar refractivity (Wildman–Crippen MR) is 147 cm³/mol. The second kappa shape index (κ2) is 12.5. The highest BCUT2D eigenvalue weighted by atomic mass is 79.9. The minimum Gasteiger partial charge on any atom is -0.493 e. The number of carbonyl (C=O) groups is 2. The van der Waals surface area contributed by atoms with Gasteiger partial charge in [0.25, 0.3) is 5.91 Å². The molecule has 7 nitrogen and oxygen atoms in total. The zero-order valence-corrected chi connectivity index (χ0v) is 21.5. The molecule has 0 aliphatic carbocycles. The fourth-order valence-corrected chi connectivity index (χ4v) is 4.01. The summed E-state index contributed by atoms with van der Waals surface area (Å²) < 4.78 is 17.1. The van der Waals surface area contributed by atoms with Crippen LogP contribution in [-0.2, 0) is 9.59 Å². The highest BCUT2D eigenvalue weighted by Gasteiger charge is 2.10. The van der Waals surface area contributed by atoms with Crippen molar-refractivity contribution < 1.29 is 23.8 Å². The van der Waals surface area contributed by atoms with E-state index in [4.69, 9.17) is 14.2 Å². The molecule has 1 amide bonds. The number of benzene rings is 4. The second-order valence-corrected chi connectivity index (χ2v) is 8.55. The first-order valence-corrected chi connectivity index (χ1v) is 12.1. The molecular formula is C29H23BrN2O5. The molecule has 0 bridgehead atoms. The third kappa shape index (κ3) is 7.05. The molecule has 4 aromatic carbocycles. The van der Waals surface area contributed by atoms with Crippen LogP contribution in [0.3, 0.4) is 0 Å². The van der Waals surface area contributed by atoms with Gasteiger partial charge in [0.05, 0.1) is 17.8 Å². The molecule has 0 aliphatic rings. The number of nitrogens with zero attached hydrogens (tertiary/aromatic N) is 1. The van der Waals surface area contributed by atoms with E-state index >= 15 is 0 Å². The van der Waals surface area contributed by atoms with E-state index in [2.05, 4.69) is 26.5 Å². The Balaban J connectivity index is 1.31. The van der Waals surface area contributed by atoms with Crippen molar-refractivity contribution in [1.82, 2.24) is 5.43 Å². The number of rotatable bonds is 9. The summed E-state index contributed by atoms with van der Waals surface area (Å²) in [4.78, 5) is 24.4. The van der Waals surface area contributed by atoms with Crippen LogP contribution in [0.4, 0.5) is 0 Å². The highest BCUT2D eigenvalue weighted by Crippen LogP contribution is 2.33. The van der Waals surface area contributed by atoms with Crippen molar-refractivity contribution in [3.63, 3.8) is 0 Å². The number of esters is 1. The van der Waals surface area contributed by atoms with Crippen molar-refractivity contribution in [2.45, 2.75) is 0 Å². The van der Waals surface area contributed by atoms with Crippen molar-refractivity contribution in [3.8, 4) is 17.2 Å². The maximum absolute atomic E-state index is 12.2. The summed E-state index contributed by atoms with van der Waals surface area (Å²) in [6.07, 6.45) is 4.46. The number of halogens is 1. The molecule has 0 radical (unpaired) electrons. The van der Waals surface area contributed by atoms with E-state index in [0.29, 0.717) is 17.1 Å². The van der Waals surface area contributed by atoms with Crippen LogP contribution in [0.2, 0.25) is 0 Å². The van der Waals surface area contributed by atoms with Gasteiger partial charge in [-0.3, -0.25) is 4.79 Å². The van der Waals surface area contributed by atoms with Crippen LogP contribution in [0.15, 0.2) is 101 Å². The predicted octanol–water partition coefficient (Wildman–Crippen LogP) is 5.76. The molecular weight excluding hydrogens is 536 g/mol. The van der Waals surface area contributed by atoms with Gasteiger partial charge in [0, 0.05) is 6.08 Å². The highest BCUT2D eigenvalue weighted by molar-refractivity contribution is 9.10. The molecule has 0 fully saturated rings. The molecule has 0 spiro atoms. The fraction of sp³-hybridized carbons (Fsp3) is 0.0690. The topological polar surface area (TPSA) is 86.2 Å². The van der Waals surface area contributed by atoms with Gasteiger partial charge in [0.2, 0.25) is 0 Å². The Bertz CT molecular complexity index is 1470. The van der Waals surface area contributed by atoms with Gasteiger partial charge < -0.3 is 14.2 Å². The second-order valence-electron chi connectivity index (χ2n) is 7.76. The minimum absolute atomic E-state index is 0.205. The Labute approximate surface area is 222 Å². The van der Waals surface area contributed by atoms with E-state index in [1.54, 1.807) is 30.3 Å². The summed E-state index contributed by atoms with van der Waals surface area (Å²) in [6, 6.07) is 25.9. The van der Waals surface area contributed by atoms with Crippen LogP contribution in [0.5, 0.6) is 17.2 Å². The molecule has 0 aliphatic heterocycles. The van der Waals surface area contributed by atoms with Crippen molar-refractivity contribution in [3.05, 3.63) is 107 Å². The van der Waals surface area contributed by atoms with E-state index in [0.717, 1.165) is 20.8 Å². The first-order valence-electron chi connectivity index (χ1n) is 11.3. The van der Waals surface area contributed by atoms with Crippen LogP contribution >= 0.6 is 15.9 Å². The van der Waals surface area contributed by atoms with Crippen molar-refractivity contribution in [2.75, 3.05) is 13.7 Å². The molecule has 0 unspecified atom stereocenters. The minimum atomic E-state index is -0.533. The Morgan fingerprint density at radius 1 is 0.892 bits per heavy atom. The van der Waals surface area contributed by atoms with Crippen molar-refractivity contribution in [2.24, 2.45) is 5.10 Å². The van der Waals surface area contributed by atoms with Gasteiger partial charge in [-0.1, -0.05) is 60.7 Å². The molecule has 0 saturated heterocycles. The summed E-state index contributed by atoms with van der Waals surface area (Å²) in [5.74, 6) is 0.223. The maximum atomic E-state index is 12.2. The normalized spacial score (nSPS) is 11.1. The van der Waals surface area contributed by atoms with E-state index in [1.807, 2.05) is 60.7 Å². The summed E-state index contributed by atoms with van der Waals surface area (Å²) in [5.41, 5.74) is 3.95. The van der Waals surface area contributed by atoms with Gasteiger partial charge >= 0.3 is 5.97 Å². The molecule has 0 saturated carbocycles. The molecule has 8 heteroatoms. The number of fused-ring (bicyclic) bond motifs is 1. The van der Waals surface area contributed by atoms with E-state index in [1.165, 1.54) is 19.4 Å². The van der Waals surface area contributed by atoms with Gasteiger partial charge in [-0.25, -0.2) is 10.2 Å². The van der Waals surface area contributed by atoms with E-state index in [-0.39, 0.29) is 12.4 Å². The van der Waals surface area contributed by atoms with Gasteiger partial charge in [-0.05, 0) is 68.2 Å². The summed E-state index contributed by atoms with van der Waals surface area (Å²) in [7, 11) is 1.47. The van der Waals surface area contributed by atoms with Crippen LogP contribution in [-0.4, -0.2) is 31.8 Å². The molecule has 186 valence electrons. The zero-order valence-electron chi connectivity index (χ0n) is 19.9. The first kappa shape index (κ1) is 25.7. The lowest BCUT2D eigenvalue weighted by Gasteiger charge is -2.10. The van der Waals surface area contributed by atoms with Crippen LogP contribution in [0.25, 0.3) is 16.8 Å². The number of hydrogen-bond donors (Lipinski definition) is 1. The quantitative estimate of drug-likeness (QED) is 0.0927.